The highest BCUT2D eigenvalue weighted by molar-refractivity contribution is 6.78. The lowest BCUT2D eigenvalue weighted by molar-refractivity contribution is 0.533. The molecule has 0 fully saturated rings. The molecule has 0 heterocycles. The van der Waals surface area contributed by atoms with Crippen molar-refractivity contribution in [2.75, 3.05) is 7.05 Å². The Balaban J connectivity index is 3.82. The molecule has 0 unspecified atom stereocenters. The van der Waals surface area contributed by atoms with Crippen LogP contribution in [0.1, 0.15) is 13.3 Å². The van der Waals surface area contributed by atoms with Gasteiger partial charge >= 0.3 is 0 Å². The average Bonchev–Trinajstić information content (AvgIpc) is 1.86. The van der Waals surface area contributed by atoms with Crippen molar-refractivity contribution >= 4 is 18.6 Å². The van der Waals surface area contributed by atoms with E-state index in [1.807, 2.05) is 7.05 Å². The van der Waals surface area contributed by atoms with Gasteiger partial charge < -0.3 is 0 Å². The highest BCUT2D eigenvalue weighted by atomic mass is 28.4. The van der Waals surface area contributed by atoms with E-state index >= 15 is 0 Å². The molecule has 0 aliphatic rings. The molecule has 0 aromatic rings. The lowest BCUT2D eigenvalue weighted by Crippen LogP contribution is -2.52. The van der Waals surface area contributed by atoms with Gasteiger partial charge in [0.15, 0.2) is 0 Å². The van der Waals surface area contributed by atoms with Crippen LogP contribution in [0.4, 0.5) is 0 Å². The van der Waals surface area contributed by atoms with E-state index in [-0.39, 0.29) is 0 Å². The Morgan fingerprint density at radius 3 is 2.30 bits per heavy atom. The Bertz CT molecular complexity index is 95.7. The summed E-state index contributed by atoms with van der Waals surface area (Å²) in [5.41, 5.74) is 3.25. The summed E-state index contributed by atoms with van der Waals surface area (Å²) in [6.07, 6.45) is 1.32. The molecule has 1 N–H and O–H groups in total. The van der Waals surface area contributed by atoms with Gasteiger partial charge in [0.2, 0.25) is 0 Å². The molecule has 10 heavy (non-hydrogen) atoms. The van der Waals surface area contributed by atoms with Crippen molar-refractivity contribution in [3.05, 3.63) is 0 Å². The summed E-state index contributed by atoms with van der Waals surface area (Å²) < 4.78 is 2.43. The van der Waals surface area contributed by atoms with Crippen molar-refractivity contribution in [2.45, 2.75) is 32.5 Å². The van der Waals surface area contributed by atoms with Crippen molar-refractivity contribution in [1.82, 2.24) is 9.77 Å². The van der Waals surface area contributed by atoms with Crippen LogP contribution in [0.15, 0.2) is 0 Å². The first-order valence-corrected chi connectivity index (χ1v) is 8.00. The summed E-state index contributed by atoms with van der Waals surface area (Å²) >= 11 is 0. The fourth-order valence-electron chi connectivity index (χ4n) is 1.08. The fraction of sp³-hybridized carbons (Fsp3) is 1.00. The predicted octanol–water partition coefficient (Wildman–Crippen LogP) is 0.318. The summed E-state index contributed by atoms with van der Waals surface area (Å²) in [4.78, 5) is 0. The van der Waals surface area contributed by atoms with Crippen molar-refractivity contribution in [3.63, 3.8) is 0 Å². The first-order chi connectivity index (χ1) is 4.54. The largest absolute Gasteiger partial charge is 0.296 e. The van der Waals surface area contributed by atoms with Gasteiger partial charge in [-0.15, -0.1) is 0 Å². The Morgan fingerprint density at radius 1 is 1.50 bits per heavy atom. The minimum atomic E-state index is -1.02. The molecule has 62 valence electrons. The standard InChI is InChI=1S/C6H20N2Si2/c1-5-6-10(3,4)8(9)7-2/h7H,5-6H2,1-4,9H3. The van der Waals surface area contributed by atoms with Gasteiger partial charge in [0.05, 0.1) is 10.4 Å². The minimum Gasteiger partial charge on any atom is -0.296 e. The quantitative estimate of drug-likeness (QED) is 0.490. The van der Waals surface area contributed by atoms with E-state index < -0.39 is 8.24 Å². The van der Waals surface area contributed by atoms with Gasteiger partial charge in [0.1, 0.15) is 8.24 Å². The molecule has 0 aliphatic heterocycles. The Hall–Kier alpha value is 0.354. The minimum absolute atomic E-state index is 1.02. The van der Waals surface area contributed by atoms with E-state index in [4.69, 9.17) is 0 Å². The molecule has 0 rings (SSSR count). The maximum atomic E-state index is 3.25. The summed E-state index contributed by atoms with van der Waals surface area (Å²) in [6, 6.07) is 1.40. The van der Waals surface area contributed by atoms with Gasteiger partial charge in [-0.05, 0) is 13.1 Å². The monoisotopic (exact) mass is 176 g/mol. The van der Waals surface area contributed by atoms with Crippen LogP contribution in [0.5, 0.6) is 0 Å². The number of hydrogen-bond donors (Lipinski definition) is 1. The van der Waals surface area contributed by atoms with Crippen LogP contribution in [0.3, 0.4) is 0 Å². The third kappa shape index (κ3) is 2.96. The SMILES string of the molecule is CCC[Si](C)(C)N([SiH3])NC. The summed E-state index contributed by atoms with van der Waals surface area (Å²) in [6.45, 7) is 7.10. The van der Waals surface area contributed by atoms with Gasteiger partial charge in [-0.2, -0.15) is 0 Å². The molecule has 0 aromatic carbocycles. The number of hydrazine groups is 1. The number of rotatable bonds is 4. The molecule has 0 radical (unpaired) electrons. The van der Waals surface area contributed by atoms with Crippen LogP contribution in [0, 0.1) is 0 Å². The molecule has 0 saturated heterocycles. The molecular weight excluding hydrogens is 156 g/mol. The number of hydrogen-bond acceptors (Lipinski definition) is 2. The van der Waals surface area contributed by atoms with Crippen LogP contribution in [0.25, 0.3) is 0 Å². The summed E-state index contributed by atoms with van der Waals surface area (Å²) in [5, 5.41) is 0. The maximum Gasteiger partial charge on any atom is 0.129 e. The third-order valence-corrected chi connectivity index (χ3v) is 9.95. The van der Waals surface area contributed by atoms with Crippen molar-refractivity contribution in [1.29, 1.82) is 0 Å². The zero-order valence-electron chi connectivity index (χ0n) is 7.86. The van der Waals surface area contributed by atoms with E-state index in [0.29, 0.717) is 0 Å². The molecule has 0 spiro atoms. The van der Waals surface area contributed by atoms with Crippen LogP contribution in [0.2, 0.25) is 19.1 Å². The zero-order chi connectivity index (χ0) is 8.20. The van der Waals surface area contributed by atoms with Crippen LogP contribution in [-0.4, -0.2) is 30.0 Å². The molecule has 0 bridgehead atoms. The lowest BCUT2D eigenvalue weighted by atomic mass is 10.6. The molecule has 0 aromatic heterocycles. The second-order valence-electron chi connectivity index (χ2n) is 3.35. The van der Waals surface area contributed by atoms with E-state index in [1.54, 1.807) is 0 Å². The smallest absolute Gasteiger partial charge is 0.129 e. The van der Waals surface area contributed by atoms with Gasteiger partial charge in [-0.3, -0.25) is 9.77 Å². The maximum absolute atomic E-state index is 3.25. The van der Waals surface area contributed by atoms with Crippen LogP contribution >= 0.6 is 0 Å². The average molecular weight is 176 g/mol. The normalized spacial score (nSPS) is 12.9. The van der Waals surface area contributed by atoms with E-state index in [2.05, 4.69) is 29.8 Å². The molecular formula is C6H20N2Si2. The highest BCUT2D eigenvalue weighted by Crippen LogP contribution is 2.12. The highest BCUT2D eigenvalue weighted by Gasteiger charge is 2.23. The van der Waals surface area contributed by atoms with Gasteiger partial charge in [-0.1, -0.05) is 26.4 Å². The Kier molecular flexibility index (Phi) is 4.43. The fourth-order valence-corrected chi connectivity index (χ4v) is 3.92. The molecule has 0 aliphatic carbocycles. The summed E-state index contributed by atoms with van der Waals surface area (Å²) in [5.74, 6) is 0. The Labute approximate surface area is 68.6 Å². The zero-order valence-corrected chi connectivity index (χ0v) is 10.9. The predicted molar refractivity (Wildman–Crippen MR) is 53.4 cm³/mol. The van der Waals surface area contributed by atoms with Gasteiger partial charge in [0.25, 0.3) is 0 Å². The third-order valence-electron chi connectivity index (χ3n) is 2.11. The summed E-state index contributed by atoms with van der Waals surface area (Å²) in [7, 11) is 2.15. The van der Waals surface area contributed by atoms with E-state index in [9.17, 15) is 0 Å². The number of nitrogens with zero attached hydrogens (tertiary/aromatic N) is 1. The second-order valence-corrected chi connectivity index (χ2v) is 9.93. The van der Waals surface area contributed by atoms with E-state index in [1.165, 1.54) is 12.5 Å². The first kappa shape index (κ1) is 10.4. The van der Waals surface area contributed by atoms with Gasteiger partial charge in [-0.25, -0.2) is 0 Å². The van der Waals surface area contributed by atoms with Crippen LogP contribution in [-0.2, 0) is 0 Å². The van der Waals surface area contributed by atoms with Crippen molar-refractivity contribution in [2.24, 2.45) is 0 Å². The molecule has 0 amide bonds. The number of nitrogens with one attached hydrogen (secondary N) is 1. The topological polar surface area (TPSA) is 15.3 Å². The molecule has 2 nitrogen and oxygen atoms in total. The molecule has 0 atom stereocenters. The second kappa shape index (κ2) is 4.28. The first-order valence-electron chi connectivity index (χ1n) is 3.96. The van der Waals surface area contributed by atoms with Crippen LogP contribution < -0.4 is 5.43 Å². The van der Waals surface area contributed by atoms with Crippen molar-refractivity contribution < 1.29 is 0 Å². The lowest BCUT2D eigenvalue weighted by Gasteiger charge is -2.33. The van der Waals surface area contributed by atoms with Gasteiger partial charge in [0, 0.05) is 0 Å². The molecule has 0 saturated carbocycles. The molecule has 4 heteroatoms. The van der Waals surface area contributed by atoms with E-state index in [0.717, 1.165) is 10.4 Å². The Morgan fingerprint density at radius 2 is 2.00 bits per heavy atom. The van der Waals surface area contributed by atoms with Crippen molar-refractivity contribution in [3.8, 4) is 0 Å².